The fraction of sp³-hybridized carbons (Fsp3) is 0.300. The highest BCUT2D eigenvalue weighted by atomic mass is 16.5. The number of aliphatic carboxylic acids is 1. The second-order valence-corrected chi connectivity index (χ2v) is 5.97. The molecule has 0 radical (unpaired) electrons. The van der Waals surface area contributed by atoms with Crippen molar-refractivity contribution in [1.82, 2.24) is 5.32 Å². The zero-order chi connectivity index (χ0) is 18.9. The van der Waals surface area contributed by atoms with Crippen LogP contribution in [-0.4, -0.2) is 30.2 Å². The minimum atomic E-state index is -1.03. The van der Waals surface area contributed by atoms with Gasteiger partial charge in [0.15, 0.2) is 6.61 Å². The van der Waals surface area contributed by atoms with Gasteiger partial charge >= 0.3 is 5.97 Å². The first-order valence-electron chi connectivity index (χ1n) is 8.34. The molecule has 0 aromatic heterocycles. The van der Waals surface area contributed by atoms with E-state index in [1.54, 1.807) is 18.2 Å². The Kier molecular flexibility index (Phi) is 7.02. The number of benzene rings is 2. The van der Waals surface area contributed by atoms with Gasteiger partial charge in [-0.25, -0.2) is 4.79 Å². The number of hydrogen-bond acceptors (Lipinski definition) is 4. The molecule has 0 aliphatic carbocycles. The molecule has 138 valence electrons. The van der Waals surface area contributed by atoms with E-state index >= 15 is 0 Å². The van der Waals surface area contributed by atoms with Gasteiger partial charge in [-0.2, -0.15) is 0 Å². The average molecular weight is 357 g/mol. The number of ether oxygens (including phenoxy) is 2. The summed E-state index contributed by atoms with van der Waals surface area (Å²) in [6.07, 6.45) is 0.253. The Labute approximate surface area is 152 Å². The number of carbonyl (C=O) groups excluding carboxylic acids is 1. The third-order valence-corrected chi connectivity index (χ3v) is 3.68. The van der Waals surface area contributed by atoms with Crippen LogP contribution < -0.4 is 14.8 Å². The minimum Gasteiger partial charge on any atom is -0.493 e. The van der Waals surface area contributed by atoms with Crippen molar-refractivity contribution in [2.75, 3.05) is 13.2 Å². The van der Waals surface area contributed by atoms with E-state index in [0.717, 1.165) is 22.4 Å². The normalized spacial score (nSPS) is 10.2. The zero-order valence-electron chi connectivity index (χ0n) is 15.0. The highest BCUT2D eigenvalue weighted by Gasteiger charge is 2.05. The van der Waals surface area contributed by atoms with Crippen molar-refractivity contribution in [3.63, 3.8) is 0 Å². The Balaban J connectivity index is 1.75. The molecule has 0 saturated heterocycles. The van der Waals surface area contributed by atoms with Crippen LogP contribution in [0.5, 0.6) is 11.5 Å². The molecule has 26 heavy (non-hydrogen) atoms. The van der Waals surface area contributed by atoms with Crippen LogP contribution in [0.3, 0.4) is 0 Å². The highest BCUT2D eigenvalue weighted by molar-refractivity contribution is 5.76. The molecule has 0 aliphatic heterocycles. The van der Waals surface area contributed by atoms with E-state index in [1.807, 2.05) is 38.1 Å². The standard InChI is InChI=1S/C20H23NO5/c1-14-6-7-15(2)18(10-14)25-9-8-19(22)21-12-16-4-3-5-17(11-16)26-13-20(23)24/h3-7,10-11H,8-9,12-13H2,1-2H3,(H,21,22)(H,23,24). The zero-order valence-corrected chi connectivity index (χ0v) is 15.0. The Morgan fingerprint density at radius 2 is 1.88 bits per heavy atom. The van der Waals surface area contributed by atoms with E-state index < -0.39 is 12.6 Å². The maximum atomic E-state index is 12.0. The summed E-state index contributed by atoms with van der Waals surface area (Å²) in [4.78, 5) is 22.5. The molecule has 6 heteroatoms. The molecule has 6 nitrogen and oxygen atoms in total. The number of aryl methyl sites for hydroxylation is 2. The Hall–Kier alpha value is -3.02. The summed E-state index contributed by atoms with van der Waals surface area (Å²) in [6, 6.07) is 12.9. The van der Waals surface area contributed by atoms with Crippen LogP contribution in [0.25, 0.3) is 0 Å². The first kappa shape index (κ1) is 19.3. The van der Waals surface area contributed by atoms with Crippen LogP contribution in [-0.2, 0) is 16.1 Å². The smallest absolute Gasteiger partial charge is 0.341 e. The molecular formula is C20H23NO5. The molecule has 2 N–H and O–H groups in total. The summed E-state index contributed by atoms with van der Waals surface area (Å²) in [5, 5.41) is 11.4. The molecule has 2 aromatic carbocycles. The Morgan fingerprint density at radius 3 is 2.65 bits per heavy atom. The highest BCUT2D eigenvalue weighted by Crippen LogP contribution is 2.19. The molecule has 0 bridgehead atoms. The summed E-state index contributed by atoms with van der Waals surface area (Å²) in [6.45, 7) is 4.21. The van der Waals surface area contributed by atoms with Crippen LogP contribution in [0.1, 0.15) is 23.1 Å². The molecule has 0 aliphatic rings. The van der Waals surface area contributed by atoms with Crippen LogP contribution >= 0.6 is 0 Å². The third kappa shape index (κ3) is 6.47. The quantitative estimate of drug-likeness (QED) is 0.721. The number of hydrogen-bond donors (Lipinski definition) is 2. The number of carbonyl (C=O) groups is 2. The van der Waals surface area contributed by atoms with E-state index in [-0.39, 0.29) is 12.3 Å². The molecule has 0 atom stereocenters. The fourth-order valence-corrected chi connectivity index (χ4v) is 2.30. The molecule has 1 amide bonds. The predicted octanol–water partition coefficient (Wildman–Crippen LogP) is 2.85. The van der Waals surface area contributed by atoms with Crippen molar-refractivity contribution < 1.29 is 24.2 Å². The summed E-state index contributed by atoms with van der Waals surface area (Å²) >= 11 is 0. The van der Waals surface area contributed by atoms with Gasteiger partial charge in [0, 0.05) is 6.54 Å². The molecular weight excluding hydrogens is 334 g/mol. The fourth-order valence-electron chi connectivity index (χ4n) is 2.30. The first-order chi connectivity index (χ1) is 12.4. The van der Waals surface area contributed by atoms with E-state index in [1.165, 1.54) is 0 Å². The Bertz CT molecular complexity index is 773. The summed E-state index contributed by atoms with van der Waals surface area (Å²) < 4.78 is 10.8. The van der Waals surface area contributed by atoms with Gasteiger partial charge in [-0.3, -0.25) is 4.79 Å². The van der Waals surface area contributed by atoms with Gasteiger partial charge in [-0.05, 0) is 48.7 Å². The first-order valence-corrected chi connectivity index (χ1v) is 8.34. The largest absolute Gasteiger partial charge is 0.493 e. The lowest BCUT2D eigenvalue weighted by Gasteiger charge is -2.11. The van der Waals surface area contributed by atoms with Crippen molar-refractivity contribution in [1.29, 1.82) is 0 Å². The van der Waals surface area contributed by atoms with Crippen molar-refractivity contribution in [2.45, 2.75) is 26.8 Å². The lowest BCUT2D eigenvalue weighted by atomic mass is 10.1. The third-order valence-electron chi connectivity index (χ3n) is 3.68. The van der Waals surface area contributed by atoms with Crippen molar-refractivity contribution in [3.05, 3.63) is 59.2 Å². The van der Waals surface area contributed by atoms with Gasteiger partial charge in [0.25, 0.3) is 0 Å². The molecule has 2 aromatic rings. The van der Waals surface area contributed by atoms with Crippen LogP contribution in [0, 0.1) is 13.8 Å². The Morgan fingerprint density at radius 1 is 1.08 bits per heavy atom. The van der Waals surface area contributed by atoms with Gasteiger partial charge in [0.05, 0.1) is 13.0 Å². The lowest BCUT2D eigenvalue weighted by molar-refractivity contribution is -0.139. The van der Waals surface area contributed by atoms with E-state index in [0.29, 0.717) is 18.9 Å². The van der Waals surface area contributed by atoms with Crippen LogP contribution in [0.2, 0.25) is 0 Å². The number of nitrogens with one attached hydrogen (secondary N) is 1. The molecule has 0 saturated carbocycles. The topological polar surface area (TPSA) is 84.9 Å². The number of rotatable bonds is 9. The van der Waals surface area contributed by atoms with Crippen molar-refractivity contribution in [3.8, 4) is 11.5 Å². The van der Waals surface area contributed by atoms with Crippen molar-refractivity contribution in [2.24, 2.45) is 0 Å². The van der Waals surface area contributed by atoms with Crippen LogP contribution in [0.4, 0.5) is 0 Å². The molecule has 2 rings (SSSR count). The lowest BCUT2D eigenvalue weighted by Crippen LogP contribution is -2.24. The summed E-state index contributed by atoms with van der Waals surface area (Å²) in [5.41, 5.74) is 2.98. The van der Waals surface area contributed by atoms with Crippen LogP contribution in [0.15, 0.2) is 42.5 Å². The second kappa shape index (κ2) is 9.46. The van der Waals surface area contributed by atoms with Gasteiger partial charge in [0.2, 0.25) is 5.91 Å². The maximum absolute atomic E-state index is 12.0. The summed E-state index contributed by atoms with van der Waals surface area (Å²) in [5.74, 6) is 0.0956. The van der Waals surface area contributed by atoms with E-state index in [2.05, 4.69) is 5.32 Å². The van der Waals surface area contributed by atoms with Gasteiger partial charge in [0.1, 0.15) is 11.5 Å². The molecule has 0 spiro atoms. The van der Waals surface area contributed by atoms with E-state index in [4.69, 9.17) is 14.6 Å². The molecule has 0 fully saturated rings. The minimum absolute atomic E-state index is 0.118. The summed E-state index contributed by atoms with van der Waals surface area (Å²) in [7, 11) is 0. The number of carboxylic acids is 1. The van der Waals surface area contributed by atoms with E-state index in [9.17, 15) is 9.59 Å². The monoisotopic (exact) mass is 357 g/mol. The maximum Gasteiger partial charge on any atom is 0.341 e. The average Bonchev–Trinajstić information content (AvgIpc) is 2.61. The SMILES string of the molecule is Cc1ccc(C)c(OCCC(=O)NCc2cccc(OCC(=O)O)c2)c1. The number of amides is 1. The predicted molar refractivity (Wildman–Crippen MR) is 97.4 cm³/mol. The molecule has 0 heterocycles. The van der Waals surface area contributed by atoms with Gasteiger partial charge < -0.3 is 19.9 Å². The second-order valence-electron chi connectivity index (χ2n) is 5.97. The molecule has 0 unspecified atom stereocenters. The number of carboxylic acid groups (broad SMARTS) is 1. The van der Waals surface area contributed by atoms with Gasteiger partial charge in [-0.15, -0.1) is 0 Å². The van der Waals surface area contributed by atoms with Crippen molar-refractivity contribution >= 4 is 11.9 Å². The van der Waals surface area contributed by atoms with Gasteiger partial charge in [-0.1, -0.05) is 24.3 Å².